The largest absolute Gasteiger partial charge is 0.507 e. The number of aromatic nitrogens is 1. The summed E-state index contributed by atoms with van der Waals surface area (Å²) in [6, 6.07) is 6.10. The lowest BCUT2D eigenvalue weighted by Gasteiger charge is -2.03. The Morgan fingerprint density at radius 1 is 1.36 bits per heavy atom. The molecule has 0 unspecified atom stereocenters. The predicted molar refractivity (Wildman–Crippen MR) is 85.1 cm³/mol. The highest BCUT2D eigenvalue weighted by Gasteiger charge is 2.19. The van der Waals surface area contributed by atoms with E-state index in [9.17, 15) is 18.3 Å². The standard InChI is InChI=1S/C14H16N2O4S2/c1-2-3-8-22(19,20)12-9-15-14(21-12)16-13(18)10-6-4-5-7-11(10)17/h4-7,9,17H,2-3,8H2,1H3,(H,15,16,18). The number of thiazole rings is 1. The number of nitrogens with zero attached hydrogens (tertiary/aromatic N) is 1. The van der Waals surface area contributed by atoms with E-state index in [1.807, 2.05) is 6.92 Å². The van der Waals surface area contributed by atoms with Gasteiger partial charge in [0.05, 0.1) is 17.5 Å². The summed E-state index contributed by atoms with van der Waals surface area (Å²) in [5.74, 6) is -0.615. The van der Waals surface area contributed by atoms with Crippen LogP contribution in [-0.2, 0) is 9.84 Å². The van der Waals surface area contributed by atoms with Crippen molar-refractivity contribution in [3.8, 4) is 5.75 Å². The fourth-order valence-corrected chi connectivity index (χ4v) is 4.35. The van der Waals surface area contributed by atoms with Gasteiger partial charge in [0.15, 0.2) is 15.0 Å². The van der Waals surface area contributed by atoms with Gasteiger partial charge in [-0.25, -0.2) is 13.4 Å². The average molecular weight is 340 g/mol. The molecule has 1 amide bonds. The Morgan fingerprint density at radius 3 is 2.77 bits per heavy atom. The summed E-state index contributed by atoms with van der Waals surface area (Å²) < 4.78 is 24.2. The quantitative estimate of drug-likeness (QED) is 0.843. The smallest absolute Gasteiger partial charge is 0.261 e. The topological polar surface area (TPSA) is 96.4 Å². The van der Waals surface area contributed by atoms with Crippen LogP contribution in [0, 0.1) is 0 Å². The maximum absolute atomic E-state index is 12.0. The number of sulfone groups is 1. The van der Waals surface area contributed by atoms with E-state index in [-0.39, 0.29) is 26.4 Å². The number of carbonyl (C=O) groups excluding carboxylic acids is 1. The number of hydrogen-bond acceptors (Lipinski definition) is 6. The zero-order valence-corrected chi connectivity index (χ0v) is 13.6. The molecule has 0 saturated heterocycles. The van der Waals surface area contributed by atoms with Crippen LogP contribution in [0.15, 0.2) is 34.7 Å². The second-order valence-electron chi connectivity index (χ2n) is 4.63. The summed E-state index contributed by atoms with van der Waals surface area (Å²) in [5.41, 5.74) is 0.105. The van der Waals surface area contributed by atoms with Crippen LogP contribution in [0.5, 0.6) is 5.75 Å². The van der Waals surface area contributed by atoms with Crippen molar-refractivity contribution in [1.82, 2.24) is 4.98 Å². The van der Waals surface area contributed by atoms with E-state index in [1.54, 1.807) is 12.1 Å². The predicted octanol–water partition coefficient (Wildman–Crippen LogP) is 2.67. The zero-order valence-electron chi connectivity index (χ0n) is 11.9. The number of hydrogen-bond donors (Lipinski definition) is 2. The van der Waals surface area contributed by atoms with Crippen LogP contribution in [0.1, 0.15) is 30.1 Å². The Hall–Kier alpha value is -1.93. The monoisotopic (exact) mass is 340 g/mol. The van der Waals surface area contributed by atoms with Crippen LogP contribution in [-0.4, -0.2) is 30.2 Å². The molecule has 118 valence electrons. The van der Waals surface area contributed by atoms with Crippen LogP contribution < -0.4 is 5.32 Å². The van der Waals surface area contributed by atoms with Crippen LogP contribution in [0.25, 0.3) is 0 Å². The molecule has 0 spiro atoms. The van der Waals surface area contributed by atoms with Gasteiger partial charge in [0.25, 0.3) is 5.91 Å². The highest BCUT2D eigenvalue weighted by molar-refractivity contribution is 7.93. The zero-order chi connectivity index (χ0) is 16.2. The van der Waals surface area contributed by atoms with Crippen LogP contribution in [0.4, 0.5) is 5.13 Å². The molecule has 1 aromatic carbocycles. The third kappa shape index (κ3) is 3.83. The number of phenolic OH excluding ortho intramolecular Hbond substituents is 1. The number of aromatic hydroxyl groups is 1. The van der Waals surface area contributed by atoms with Gasteiger partial charge in [-0.05, 0) is 18.6 Å². The Bertz CT molecular complexity index is 769. The molecular weight excluding hydrogens is 324 g/mol. The van der Waals surface area contributed by atoms with Crippen LogP contribution in [0.2, 0.25) is 0 Å². The minimum Gasteiger partial charge on any atom is -0.507 e. The molecule has 0 aliphatic rings. The molecule has 6 nitrogen and oxygen atoms in total. The third-order valence-corrected chi connectivity index (χ3v) is 6.19. The molecule has 0 saturated carbocycles. The van der Waals surface area contributed by atoms with Crippen molar-refractivity contribution in [2.45, 2.75) is 24.0 Å². The van der Waals surface area contributed by atoms with Crippen molar-refractivity contribution in [2.75, 3.05) is 11.1 Å². The Balaban J connectivity index is 2.13. The second-order valence-corrected chi connectivity index (χ2v) is 7.99. The van der Waals surface area contributed by atoms with Crippen molar-refractivity contribution in [3.63, 3.8) is 0 Å². The first kappa shape index (κ1) is 16.4. The molecule has 22 heavy (non-hydrogen) atoms. The molecule has 8 heteroatoms. The highest BCUT2D eigenvalue weighted by Crippen LogP contribution is 2.25. The lowest BCUT2D eigenvalue weighted by atomic mass is 10.2. The van der Waals surface area contributed by atoms with Gasteiger partial charge in [0, 0.05) is 0 Å². The van der Waals surface area contributed by atoms with Gasteiger partial charge in [0.1, 0.15) is 9.96 Å². The van der Waals surface area contributed by atoms with Gasteiger partial charge in [-0.2, -0.15) is 0 Å². The minimum atomic E-state index is -3.35. The van der Waals surface area contributed by atoms with E-state index >= 15 is 0 Å². The number of para-hydroxylation sites is 1. The molecule has 0 bridgehead atoms. The molecule has 2 aromatic rings. The SMILES string of the molecule is CCCCS(=O)(=O)c1cnc(NC(=O)c2ccccc2O)s1. The number of rotatable bonds is 6. The van der Waals surface area contributed by atoms with E-state index in [0.717, 1.165) is 17.8 Å². The molecule has 0 fully saturated rings. The van der Waals surface area contributed by atoms with E-state index in [4.69, 9.17) is 0 Å². The van der Waals surface area contributed by atoms with Crippen LogP contribution in [0.3, 0.4) is 0 Å². The number of carbonyl (C=O) groups is 1. The van der Waals surface area contributed by atoms with Gasteiger partial charge in [-0.15, -0.1) is 0 Å². The Morgan fingerprint density at radius 2 is 2.09 bits per heavy atom. The molecule has 0 aliphatic heterocycles. The van der Waals surface area contributed by atoms with Crippen LogP contribution >= 0.6 is 11.3 Å². The number of anilines is 1. The number of benzene rings is 1. The molecule has 0 atom stereocenters. The van der Waals surface area contributed by atoms with Gasteiger partial charge >= 0.3 is 0 Å². The van der Waals surface area contributed by atoms with E-state index in [0.29, 0.717) is 6.42 Å². The molecule has 1 aromatic heterocycles. The fourth-order valence-electron chi connectivity index (χ4n) is 1.73. The fraction of sp³-hybridized carbons (Fsp3) is 0.286. The number of unbranched alkanes of at least 4 members (excludes halogenated alkanes) is 1. The molecular formula is C14H16N2O4S2. The second kappa shape index (κ2) is 6.89. The number of nitrogens with one attached hydrogen (secondary N) is 1. The van der Waals surface area contributed by atoms with Gasteiger partial charge < -0.3 is 5.11 Å². The summed E-state index contributed by atoms with van der Waals surface area (Å²) in [4.78, 5) is 15.9. The molecule has 1 heterocycles. The Kier molecular flexibility index (Phi) is 5.15. The van der Waals surface area contributed by atoms with Gasteiger partial charge in [0.2, 0.25) is 0 Å². The van der Waals surface area contributed by atoms with E-state index < -0.39 is 15.7 Å². The maximum atomic E-state index is 12.0. The van der Waals surface area contributed by atoms with Crippen molar-refractivity contribution >= 4 is 32.2 Å². The van der Waals surface area contributed by atoms with E-state index in [1.165, 1.54) is 18.3 Å². The first-order valence-corrected chi connectivity index (χ1v) is 9.19. The molecule has 2 N–H and O–H groups in total. The summed E-state index contributed by atoms with van der Waals surface area (Å²) in [6.45, 7) is 1.92. The Labute approximate surface area is 132 Å². The van der Waals surface area contributed by atoms with Gasteiger partial charge in [-0.1, -0.05) is 36.8 Å². The van der Waals surface area contributed by atoms with E-state index in [2.05, 4.69) is 10.3 Å². The van der Waals surface area contributed by atoms with Crippen molar-refractivity contribution in [2.24, 2.45) is 0 Å². The first-order valence-electron chi connectivity index (χ1n) is 6.72. The summed E-state index contributed by atoms with van der Waals surface area (Å²) in [5, 5.41) is 12.3. The highest BCUT2D eigenvalue weighted by atomic mass is 32.2. The summed E-state index contributed by atoms with van der Waals surface area (Å²) in [6.07, 6.45) is 2.62. The molecule has 0 aliphatic carbocycles. The summed E-state index contributed by atoms with van der Waals surface area (Å²) in [7, 11) is -3.35. The number of amides is 1. The normalized spacial score (nSPS) is 11.3. The lowest BCUT2D eigenvalue weighted by molar-refractivity contribution is 0.102. The van der Waals surface area contributed by atoms with Crippen molar-refractivity contribution < 1.29 is 18.3 Å². The average Bonchev–Trinajstić information content (AvgIpc) is 2.95. The molecule has 2 rings (SSSR count). The minimum absolute atomic E-state index is 0.0680. The summed E-state index contributed by atoms with van der Waals surface area (Å²) >= 11 is 0.906. The molecule has 0 radical (unpaired) electrons. The lowest BCUT2D eigenvalue weighted by Crippen LogP contribution is -2.11. The third-order valence-electron chi connectivity index (χ3n) is 2.93. The van der Waals surface area contributed by atoms with Crippen molar-refractivity contribution in [3.05, 3.63) is 36.0 Å². The van der Waals surface area contributed by atoms with Gasteiger partial charge in [-0.3, -0.25) is 10.1 Å². The number of phenols is 1. The van der Waals surface area contributed by atoms with Crippen molar-refractivity contribution in [1.29, 1.82) is 0 Å². The first-order chi connectivity index (χ1) is 10.4. The maximum Gasteiger partial charge on any atom is 0.261 e.